The number of aliphatic hydroxyl groups excluding tert-OH is 1. The second-order valence-electron chi connectivity index (χ2n) is 14.5. The number of nitrogens with zero attached hydrogens (tertiary/aromatic N) is 1. The number of phenolic OH excluding ortho intramolecular Hbond substituents is 2. The second-order valence-corrected chi connectivity index (χ2v) is 15.6. The van der Waals surface area contributed by atoms with Gasteiger partial charge in [-0.1, -0.05) is 6.07 Å². The second kappa shape index (κ2) is 12.3. The smallest absolute Gasteiger partial charge is 0.331 e. The number of carbonyl (C=O) groups excluding carboxylic acids is 2. The van der Waals surface area contributed by atoms with Gasteiger partial charge < -0.3 is 49.1 Å². The first-order chi connectivity index (χ1) is 25.5. The fraction of sp³-hybridized carbons (Fsp3) is 0.474. The van der Waals surface area contributed by atoms with Crippen molar-refractivity contribution in [1.29, 1.82) is 0 Å². The summed E-state index contributed by atoms with van der Waals surface area (Å²) in [5.41, 5.74) is 4.27. The van der Waals surface area contributed by atoms with Gasteiger partial charge in [0.25, 0.3) is 0 Å². The van der Waals surface area contributed by atoms with Crippen molar-refractivity contribution in [1.82, 2.24) is 15.5 Å². The Morgan fingerprint density at radius 2 is 1.81 bits per heavy atom. The largest absolute Gasteiger partial charge is 0.504 e. The van der Waals surface area contributed by atoms with Crippen molar-refractivity contribution in [3.63, 3.8) is 0 Å². The standard InChI is InChI=1S/C38H41N3O11S/c1-15-8-19-9-21-36(45)41-22-12-49-37(46)38(20-11-24(47-4)23(43)10-18(20)6-7-39-38)13-53-35(29(41)28(40-21)25(19)30(44)31(15)48-5)27-26(22)34-33(50-14-51-34)16(2)32(27)52-17(3)42/h8,10-11,21-22,28-29,35-36,39-40,43-45H,6-7,9,12-14H2,1-5H3/t21-,22-,28+,29-,35+,36+,38+/m0/s1. The van der Waals surface area contributed by atoms with Crippen LogP contribution in [0.1, 0.15) is 68.8 Å². The molecule has 7 aliphatic heterocycles. The van der Waals surface area contributed by atoms with Crippen LogP contribution in [0.3, 0.4) is 0 Å². The van der Waals surface area contributed by atoms with Gasteiger partial charge in [0.05, 0.1) is 37.6 Å². The van der Waals surface area contributed by atoms with Crippen LogP contribution in [0.5, 0.6) is 40.2 Å². The van der Waals surface area contributed by atoms with Crippen molar-refractivity contribution >= 4 is 23.7 Å². The summed E-state index contributed by atoms with van der Waals surface area (Å²) in [6.45, 7) is 5.23. The topological polar surface area (TPSA) is 178 Å². The highest BCUT2D eigenvalue weighted by Gasteiger charge is 2.60. The van der Waals surface area contributed by atoms with E-state index in [-0.39, 0.29) is 36.4 Å². The van der Waals surface area contributed by atoms with E-state index < -0.39 is 53.1 Å². The Kier molecular flexibility index (Phi) is 7.98. The molecular formula is C38H41N3O11S. The predicted molar refractivity (Wildman–Crippen MR) is 190 cm³/mol. The third-order valence-corrected chi connectivity index (χ3v) is 13.2. The summed E-state index contributed by atoms with van der Waals surface area (Å²) in [5, 5.41) is 41.5. The molecule has 1 spiro atoms. The van der Waals surface area contributed by atoms with Gasteiger partial charge in [-0.05, 0) is 61.1 Å². The molecule has 0 amide bonds. The Morgan fingerprint density at radius 1 is 1.02 bits per heavy atom. The summed E-state index contributed by atoms with van der Waals surface area (Å²) in [7, 11) is 2.98. The summed E-state index contributed by atoms with van der Waals surface area (Å²) >= 11 is 1.45. The van der Waals surface area contributed by atoms with Gasteiger partial charge in [0.15, 0.2) is 40.0 Å². The first kappa shape index (κ1) is 34.4. The van der Waals surface area contributed by atoms with E-state index in [1.807, 2.05) is 24.8 Å². The molecule has 15 heteroatoms. The molecule has 53 heavy (non-hydrogen) atoms. The van der Waals surface area contributed by atoms with Crippen LogP contribution < -0.4 is 34.3 Å². The number of methoxy groups -OCH3 is 2. The molecule has 7 heterocycles. The number of hydrogen-bond donors (Lipinski definition) is 5. The van der Waals surface area contributed by atoms with Crippen LogP contribution in [0.15, 0.2) is 18.2 Å². The fourth-order valence-corrected chi connectivity index (χ4v) is 11.3. The van der Waals surface area contributed by atoms with E-state index in [4.69, 9.17) is 28.4 Å². The maximum Gasteiger partial charge on any atom is 0.331 e. The van der Waals surface area contributed by atoms with Gasteiger partial charge in [0.2, 0.25) is 6.79 Å². The molecule has 0 saturated carbocycles. The van der Waals surface area contributed by atoms with Crippen LogP contribution in [0.2, 0.25) is 0 Å². The average molecular weight is 748 g/mol. The Morgan fingerprint density at radius 3 is 2.57 bits per heavy atom. The molecule has 10 rings (SSSR count). The van der Waals surface area contributed by atoms with Gasteiger partial charge in [0.1, 0.15) is 18.6 Å². The summed E-state index contributed by atoms with van der Waals surface area (Å²) in [6, 6.07) is 2.99. The monoisotopic (exact) mass is 747 g/mol. The molecule has 0 unspecified atom stereocenters. The van der Waals surface area contributed by atoms with E-state index in [1.54, 1.807) is 12.1 Å². The fourth-order valence-electron chi connectivity index (χ4n) is 9.60. The number of aliphatic hydroxyl groups is 1. The Labute approximate surface area is 309 Å². The number of phenols is 2. The predicted octanol–water partition coefficient (Wildman–Crippen LogP) is 3.07. The maximum absolute atomic E-state index is 14.6. The molecule has 0 radical (unpaired) electrons. The normalized spacial score (nSPS) is 29.4. The van der Waals surface area contributed by atoms with Crippen LogP contribution >= 0.6 is 11.8 Å². The van der Waals surface area contributed by atoms with E-state index in [9.17, 15) is 24.9 Å². The van der Waals surface area contributed by atoms with E-state index in [2.05, 4.69) is 10.6 Å². The molecule has 3 aromatic rings. The number of benzene rings is 3. The van der Waals surface area contributed by atoms with Crippen LogP contribution in [0.25, 0.3) is 0 Å². The molecule has 280 valence electrons. The number of hydrogen-bond acceptors (Lipinski definition) is 15. The molecule has 14 nitrogen and oxygen atoms in total. The number of nitrogens with one attached hydrogen (secondary N) is 2. The van der Waals surface area contributed by atoms with Crippen LogP contribution in [0.4, 0.5) is 0 Å². The molecule has 0 aromatic heterocycles. The quantitative estimate of drug-likeness (QED) is 0.195. The zero-order valence-electron chi connectivity index (χ0n) is 29.9. The minimum atomic E-state index is -1.36. The molecule has 3 aromatic carbocycles. The van der Waals surface area contributed by atoms with E-state index in [0.29, 0.717) is 70.2 Å². The number of rotatable bonds is 3. The lowest BCUT2D eigenvalue weighted by Crippen LogP contribution is -2.69. The van der Waals surface area contributed by atoms with Crippen molar-refractivity contribution in [2.75, 3.05) is 39.9 Å². The summed E-state index contributed by atoms with van der Waals surface area (Å²) in [4.78, 5) is 29.4. The van der Waals surface area contributed by atoms with Gasteiger partial charge >= 0.3 is 11.9 Å². The number of esters is 2. The van der Waals surface area contributed by atoms with Gasteiger partial charge in [-0.2, -0.15) is 0 Å². The van der Waals surface area contributed by atoms with Crippen molar-refractivity contribution in [3.8, 4) is 40.2 Å². The van der Waals surface area contributed by atoms with Gasteiger partial charge in [0, 0.05) is 47.5 Å². The van der Waals surface area contributed by atoms with E-state index >= 15 is 0 Å². The first-order valence-electron chi connectivity index (χ1n) is 17.7. The van der Waals surface area contributed by atoms with Gasteiger partial charge in [-0.25, -0.2) is 4.79 Å². The van der Waals surface area contributed by atoms with Crippen LogP contribution in [-0.4, -0.2) is 90.4 Å². The molecule has 0 aliphatic carbocycles. The van der Waals surface area contributed by atoms with Crippen molar-refractivity contribution < 1.29 is 53.3 Å². The van der Waals surface area contributed by atoms with E-state index in [0.717, 1.165) is 16.7 Å². The number of fused-ring (bicyclic) bond motifs is 9. The lowest BCUT2D eigenvalue weighted by atomic mass is 9.74. The average Bonchev–Trinajstić information content (AvgIpc) is 3.63. The minimum absolute atomic E-state index is 0.0210. The lowest BCUT2D eigenvalue weighted by Gasteiger charge is -2.59. The van der Waals surface area contributed by atoms with Crippen LogP contribution in [-0.2, 0) is 32.7 Å². The Hall–Kier alpha value is -4.41. The van der Waals surface area contributed by atoms with Crippen molar-refractivity contribution in [2.45, 2.75) is 74.8 Å². The molecule has 2 saturated heterocycles. The molecule has 2 fully saturated rings. The third kappa shape index (κ3) is 4.80. The Balaban J connectivity index is 1.31. The zero-order chi connectivity index (χ0) is 37.1. The Bertz CT molecular complexity index is 2090. The highest BCUT2D eigenvalue weighted by Crippen LogP contribution is 2.63. The SMILES string of the molecule is COc1cc2c(cc1O)CCN[C@]21CS[C@@H]2c3c(OC(C)=O)c(C)c4c(c3[C@H](COC1=O)N1[C@H]2[C@@H]2N[C@@H](Cc3cc(C)c(OC)c(O)c32)[C@H]1O)OCO4. The zero-order valence-corrected chi connectivity index (χ0v) is 30.7. The number of piperazine rings is 1. The minimum Gasteiger partial charge on any atom is -0.504 e. The number of thioether (sulfide) groups is 1. The van der Waals surface area contributed by atoms with E-state index in [1.165, 1.54) is 32.9 Å². The molecule has 7 aliphatic rings. The van der Waals surface area contributed by atoms with Crippen molar-refractivity contribution in [3.05, 3.63) is 62.7 Å². The van der Waals surface area contributed by atoms with Crippen molar-refractivity contribution in [2.24, 2.45) is 0 Å². The lowest BCUT2D eigenvalue weighted by molar-refractivity contribution is -0.164. The highest BCUT2D eigenvalue weighted by molar-refractivity contribution is 7.99. The van der Waals surface area contributed by atoms with Gasteiger partial charge in [-0.15, -0.1) is 11.8 Å². The number of aryl methyl sites for hydroxylation is 1. The summed E-state index contributed by atoms with van der Waals surface area (Å²) in [5.74, 6) is 0.890. The molecular weight excluding hydrogens is 706 g/mol. The molecule has 5 N–H and O–H groups in total. The third-order valence-electron chi connectivity index (χ3n) is 11.8. The highest BCUT2D eigenvalue weighted by atomic mass is 32.2. The molecule has 7 atom stereocenters. The summed E-state index contributed by atoms with van der Waals surface area (Å²) in [6.07, 6.45) is -0.0673. The number of ether oxygens (including phenoxy) is 6. The number of carbonyl (C=O) groups is 2. The maximum atomic E-state index is 14.6. The number of aromatic hydroxyl groups is 2. The van der Waals surface area contributed by atoms with Gasteiger partial charge in [-0.3, -0.25) is 15.0 Å². The summed E-state index contributed by atoms with van der Waals surface area (Å²) < 4.78 is 35.8. The molecule has 4 bridgehead atoms. The van der Waals surface area contributed by atoms with Crippen LogP contribution in [0, 0.1) is 13.8 Å². The first-order valence-corrected chi connectivity index (χ1v) is 18.7.